The van der Waals surface area contributed by atoms with Crippen LogP contribution in [0.4, 0.5) is 0 Å². The minimum Gasteiger partial charge on any atom is -0.486 e. The van der Waals surface area contributed by atoms with Gasteiger partial charge in [-0.1, -0.05) is 11.6 Å². The van der Waals surface area contributed by atoms with Crippen LogP contribution in [0.1, 0.15) is 11.7 Å². The van der Waals surface area contributed by atoms with E-state index in [-0.39, 0.29) is 10.6 Å². The van der Waals surface area contributed by atoms with Gasteiger partial charge in [0.2, 0.25) is 0 Å². The highest BCUT2D eigenvalue weighted by atomic mass is 35.5. The summed E-state index contributed by atoms with van der Waals surface area (Å²) in [5, 5.41) is 18.3. The van der Waals surface area contributed by atoms with Crippen LogP contribution in [-0.2, 0) is 4.79 Å². The molecule has 1 unspecified atom stereocenters. The average molecular weight is 245 g/mol. The third kappa shape index (κ3) is 1.91. The van der Waals surface area contributed by atoms with Crippen LogP contribution in [0.5, 0.6) is 11.5 Å². The molecule has 0 fully saturated rings. The second-order valence-corrected chi connectivity index (χ2v) is 3.67. The molecule has 16 heavy (non-hydrogen) atoms. The van der Waals surface area contributed by atoms with E-state index in [9.17, 15) is 9.90 Å². The van der Waals surface area contributed by atoms with Crippen LogP contribution in [0, 0.1) is 0 Å². The fraction of sp³-hybridized carbons (Fsp3) is 0.300. The van der Waals surface area contributed by atoms with Crippen molar-refractivity contribution < 1.29 is 24.5 Å². The van der Waals surface area contributed by atoms with E-state index >= 15 is 0 Å². The van der Waals surface area contributed by atoms with Crippen molar-refractivity contribution >= 4 is 17.6 Å². The number of carboxylic acid groups (broad SMARTS) is 1. The van der Waals surface area contributed by atoms with Crippen LogP contribution < -0.4 is 9.47 Å². The van der Waals surface area contributed by atoms with E-state index in [1.807, 2.05) is 0 Å². The Bertz CT molecular complexity index is 431. The Balaban J connectivity index is 2.42. The summed E-state index contributed by atoms with van der Waals surface area (Å²) in [6.45, 7) is 0.767. The molecule has 0 aromatic heterocycles. The zero-order valence-corrected chi connectivity index (χ0v) is 8.90. The van der Waals surface area contributed by atoms with Gasteiger partial charge in [0.25, 0.3) is 0 Å². The zero-order chi connectivity index (χ0) is 11.7. The molecule has 86 valence electrons. The fourth-order valence-corrected chi connectivity index (χ4v) is 1.70. The SMILES string of the molecule is O=C(O)C(O)c1cc(Cl)c2c(c1)OCCO2. The van der Waals surface area contributed by atoms with Gasteiger partial charge in [0.1, 0.15) is 13.2 Å². The Morgan fingerprint density at radius 2 is 2.06 bits per heavy atom. The summed E-state index contributed by atoms with van der Waals surface area (Å²) in [5.74, 6) is -0.601. The molecule has 0 radical (unpaired) electrons. The molecule has 2 rings (SSSR count). The van der Waals surface area contributed by atoms with E-state index in [4.69, 9.17) is 26.2 Å². The number of hydrogen-bond donors (Lipinski definition) is 2. The van der Waals surface area contributed by atoms with E-state index in [0.717, 1.165) is 0 Å². The molecule has 5 nitrogen and oxygen atoms in total. The molecule has 0 aliphatic carbocycles. The minimum absolute atomic E-state index is 0.168. The highest BCUT2D eigenvalue weighted by Gasteiger charge is 2.22. The summed E-state index contributed by atoms with van der Waals surface area (Å²) in [5.41, 5.74) is 0.168. The van der Waals surface area contributed by atoms with Crippen LogP contribution in [0.3, 0.4) is 0 Å². The number of hydrogen-bond acceptors (Lipinski definition) is 4. The number of aliphatic hydroxyl groups excluding tert-OH is 1. The van der Waals surface area contributed by atoms with Crippen molar-refractivity contribution in [3.63, 3.8) is 0 Å². The predicted molar refractivity (Wildman–Crippen MR) is 55.0 cm³/mol. The van der Waals surface area contributed by atoms with Crippen molar-refractivity contribution in [3.8, 4) is 11.5 Å². The van der Waals surface area contributed by atoms with Crippen molar-refractivity contribution in [3.05, 3.63) is 22.7 Å². The third-order valence-electron chi connectivity index (χ3n) is 2.17. The Labute approximate surface area is 96.2 Å². The normalized spacial score (nSPS) is 15.6. The highest BCUT2D eigenvalue weighted by Crippen LogP contribution is 2.39. The number of ether oxygens (including phenoxy) is 2. The van der Waals surface area contributed by atoms with Gasteiger partial charge in [-0.05, 0) is 17.7 Å². The Hall–Kier alpha value is -1.46. The highest BCUT2D eigenvalue weighted by molar-refractivity contribution is 6.32. The molecule has 1 aliphatic rings. The number of aliphatic carboxylic acids is 1. The van der Waals surface area contributed by atoms with E-state index in [2.05, 4.69) is 0 Å². The summed E-state index contributed by atoms with van der Waals surface area (Å²) in [6, 6.07) is 2.77. The summed E-state index contributed by atoms with van der Waals surface area (Å²) < 4.78 is 10.5. The van der Waals surface area contributed by atoms with Crippen molar-refractivity contribution in [2.45, 2.75) is 6.10 Å². The molecular formula is C10H9ClO5. The van der Waals surface area contributed by atoms with Crippen LogP contribution in [0.2, 0.25) is 5.02 Å². The molecule has 1 atom stereocenters. The standard InChI is InChI=1S/C10H9ClO5/c11-6-3-5(8(12)10(13)14)4-7-9(6)16-2-1-15-7/h3-4,8,12H,1-2H2,(H,13,14). The molecule has 0 amide bonds. The van der Waals surface area contributed by atoms with Gasteiger partial charge in [-0.3, -0.25) is 0 Å². The third-order valence-corrected chi connectivity index (χ3v) is 2.45. The number of benzene rings is 1. The zero-order valence-electron chi connectivity index (χ0n) is 8.14. The lowest BCUT2D eigenvalue weighted by Gasteiger charge is -2.20. The van der Waals surface area contributed by atoms with Crippen LogP contribution in [0.25, 0.3) is 0 Å². The Morgan fingerprint density at radius 3 is 2.75 bits per heavy atom. The van der Waals surface area contributed by atoms with E-state index in [1.165, 1.54) is 12.1 Å². The Kier molecular flexibility index (Phi) is 2.89. The van der Waals surface area contributed by atoms with Gasteiger partial charge in [0.15, 0.2) is 17.6 Å². The van der Waals surface area contributed by atoms with Crippen LogP contribution >= 0.6 is 11.6 Å². The van der Waals surface area contributed by atoms with Crippen LogP contribution in [0.15, 0.2) is 12.1 Å². The second kappa shape index (κ2) is 4.19. The molecule has 0 bridgehead atoms. The molecule has 0 spiro atoms. The number of fused-ring (bicyclic) bond motifs is 1. The Morgan fingerprint density at radius 1 is 1.38 bits per heavy atom. The molecule has 2 N–H and O–H groups in total. The average Bonchev–Trinajstić information content (AvgIpc) is 2.28. The smallest absolute Gasteiger partial charge is 0.337 e. The van der Waals surface area contributed by atoms with Gasteiger partial charge in [-0.25, -0.2) is 4.79 Å². The minimum atomic E-state index is -1.62. The first-order valence-corrected chi connectivity index (χ1v) is 4.97. The second-order valence-electron chi connectivity index (χ2n) is 3.27. The summed E-state index contributed by atoms with van der Waals surface area (Å²) in [4.78, 5) is 10.6. The molecule has 1 aromatic rings. The van der Waals surface area contributed by atoms with Gasteiger partial charge in [0.05, 0.1) is 5.02 Å². The van der Waals surface area contributed by atoms with E-state index < -0.39 is 12.1 Å². The van der Waals surface area contributed by atoms with Gasteiger partial charge in [-0.15, -0.1) is 0 Å². The van der Waals surface area contributed by atoms with Gasteiger partial charge in [0, 0.05) is 0 Å². The topological polar surface area (TPSA) is 76.0 Å². The molecule has 1 heterocycles. The van der Waals surface area contributed by atoms with Crippen LogP contribution in [-0.4, -0.2) is 29.4 Å². The largest absolute Gasteiger partial charge is 0.486 e. The lowest BCUT2D eigenvalue weighted by Crippen LogP contribution is -2.17. The van der Waals surface area contributed by atoms with E-state index in [0.29, 0.717) is 24.7 Å². The maximum Gasteiger partial charge on any atom is 0.337 e. The molecular weight excluding hydrogens is 236 g/mol. The van der Waals surface area contributed by atoms with Gasteiger partial charge in [-0.2, -0.15) is 0 Å². The lowest BCUT2D eigenvalue weighted by molar-refractivity contribution is -0.146. The molecule has 0 saturated heterocycles. The maximum absolute atomic E-state index is 10.6. The van der Waals surface area contributed by atoms with Crippen molar-refractivity contribution in [1.29, 1.82) is 0 Å². The van der Waals surface area contributed by atoms with Crippen molar-refractivity contribution in [2.24, 2.45) is 0 Å². The first-order valence-electron chi connectivity index (χ1n) is 4.59. The number of carbonyl (C=O) groups is 1. The predicted octanol–water partition coefficient (Wildman–Crippen LogP) is 1.23. The molecule has 1 aliphatic heterocycles. The van der Waals surface area contributed by atoms with Crippen molar-refractivity contribution in [2.75, 3.05) is 13.2 Å². The molecule has 1 aromatic carbocycles. The molecule has 6 heteroatoms. The molecule has 0 saturated carbocycles. The van der Waals surface area contributed by atoms with Gasteiger partial charge < -0.3 is 19.7 Å². The van der Waals surface area contributed by atoms with Gasteiger partial charge >= 0.3 is 5.97 Å². The quantitative estimate of drug-likeness (QED) is 0.818. The fourth-order valence-electron chi connectivity index (χ4n) is 1.43. The van der Waals surface area contributed by atoms with E-state index in [1.54, 1.807) is 0 Å². The first-order chi connectivity index (χ1) is 7.59. The lowest BCUT2D eigenvalue weighted by atomic mass is 10.1. The number of rotatable bonds is 2. The van der Waals surface area contributed by atoms with Crippen molar-refractivity contribution in [1.82, 2.24) is 0 Å². The number of carboxylic acids is 1. The summed E-state index contributed by atoms with van der Waals surface area (Å²) in [6.07, 6.45) is -1.62. The number of halogens is 1. The summed E-state index contributed by atoms with van der Waals surface area (Å²) >= 11 is 5.89. The maximum atomic E-state index is 10.6. The first kappa shape index (κ1) is 11.0. The number of aliphatic hydroxyl groups is 1. The monoisotopic (exact) mass is 244 g/mol. The summed E-state index contributed by atoms with van der Waals surface area (Å²) in [7, 11) is 0.